The second-order valence-electron chi connectivity index (χ2n) is 4.65. The van der Waals surface area contributed by atoms with Crippen LogP contribution in [0.25, 0.3) is 11.3 Å². The first-order chi connectivity index (χ1) is 8.66. The van der Waals surface area contributed by atoms with Crippen molar-refractivity contribution in [2.75, 3.05) is 0 Å². The lowest BCUT2D eigenvalue weighted by atomic mass is 10.1. The van der Waals surface area contributed by atoms with E-state index in [0.29, 0.717) is 5.92 Å². The number of hydrogen-bond acceptors (Lipinski definition) is 3. The Morgan fingerprint density at radius 3 is 2.56 bits per heavy atom. The van der Waals surface area contributed by atoms with Crippen LogP contribution in [0.5, 0.6) is 0 Å². The molecule has 0 aliphatic rings. The molecule has 0 spiro atoms. The Bertz CT molecular complexity index is 692. The SMILES string of the molecule is Cc1nccn1-c1nccn2nc(C(C)C)cc12. The van der Waals surface area contributed by atoms with Crippen LogP contribution in [0.3, 0.4) is 0 Å². The normalized spacial score (nSPS) is 11.6. The van der Waals surface area contributed by atoms with Gasteiger partial charge in [0.25, 0.3) is 0 Å². The molecule has 0 atom stereocenters. The number of rotatable bonds is 2. The van der Waals surface area contributed by atoms with Crippen molar-refractivity contribution in [1.82, 2.24) is 24.1 Å². The molecule has 0 fully saturated rings. The van der Waals surface area contributed by atoms with Crippen LogP contribution in [0.2, 0.25) is 0 Å². The Kier molecular flexibility index (Phi) is 2.40. The molecule has 3 aromatic heterocycles. The number of aryl methyl sites for hydroxylation is 1. The number of imidazole rings is 1. The van der Waals surface area contributed by atoms with E-state index in [0.717, 1.165) is 22.9 Å². The van der Waals surface area contributed by atoms with Crippen LogP contribution in [0, 0.1) is 6.92 Å². The van der Waals surface area contributed by atoms with Gasteiger partial charge in [-0.05, 0) is 18.9 Å². The van der Waals surface area contributed by atoms with Gasteiger partial charge in [0, 0.05) is 24.8 Å². The van der Waals surface area contributed by atoms with Crippen LogP contribution < -0.4 is 0 Å². The number of hydrogen-bond donors (Lipinski definition) is 0. The Morgan fingerprint density at radius 2 is 1.89 bits per heavy atom. The van der Waals surface area contributed by atoms with E-state index in [1.807, 2.05) is 28.4 Å². The zero-order valence-corrected chi connectivity index (χ0v) is 10.7. The Morgan fingerprint density at radius 1 is 1.11 bits per heavy atom. The van der Waals surface area contributed by atoms with Crippen LogP contribution >= 0.6 is 0 Å². The summed E-state index contributed by atoms with van der Waals surface area (Å²) in [7, 11) is 0. The fourth-order valence-corrected chi connectivity index (χ4v) is 2.00. The average molecular weight is 241 g/mol. The van der Waals surface area contributed by atoms with E-state index < -0.39 is 0 Å². The van der Waals surface area contributed by atoms with E-state index in [4.69, 9.17) is 0 Å². The van der Waals surface area contributed by atoms with Crippen LogP contribution in [0.15, 0.2) is 30.9 Å². The molecule has 92 valence electrons. The second-order valence-corrected chi connectivity index (χ2v) is 4.65. The van der Waals surface area contributed by atoms with E-state index in [9.17, 15) is 0 Å². The zero-order chi connectivity index (χ0) is 12.7. The van der Waals surface area contributed by atoms with Crippen molar-refractivity contribution in [3.8, 4) is 5.82 Å². The minimum Gasteiger partial charge on any atom is -0.286 e. The van der Waals surface area contributed by atoms with Crippen molar-refractivity contribution in [3.63, 3.8) is 0 Å². The summed E-state index contributed by atoms with van der Waals surface area (Å²) in [5, 5.41) is 4.56. The maximum Gasteiger partial charge on any atom is 0.164 e. The van der Waals surface area contributed by atoms with Gasteiger partial charge in [-0.3, -0.25) is 4.57 Å². The van der Waals surface area contributed by atoms with E-state index >= 15 is 0 Å². The van der Waals surface area contributed by atoms with E-state index in [1.54, 1.807) is 12.4 Å². The smallest absolute Gasteiger partial charge is 0.164 e. The van der Waals surface area contributed by atoms with Gasteiger partial charge < -0.3 is 0 Å². The van der Waals surface area contributed by atoms with Crippen LogP contribution in [0.1, 0.15) is 31.3 Å². The van der Waals surface area contributed by atoms with Crippen LogP contribution in [-0.4, -0.2) is 24.1 Å². The van der Waals surface area contributed by atoms with Crippen molar-refractivity contribution < 1.29 is 0 Å². The Labute approximate surface area is 105 Å². The standard InChI is InChI=1S/C13H15N5/c1-9(2)11-8-12-13(15-5-7-18(12)16-11)17-6-4-14-10(17)3/h4-9H,1-3H3. The topological polar surface area (TPSA) is 48.0 Å². The molecule has 5 nitrogen and oxygen atoms in total. The van der Waals surface area contributed by atoms with Gasteiger partial charge in [-0.25, -0.2) is 14.5 Å². The predicted molar refractivity (Wildman–Crippen MR) is 68.9 cm³/mol. The van der Waals surface area contributed by atoms with Gasteiger partial charge in [-0.1, -0.05) is 13.8 Å². The van der Waals surface area contributed by atoms with Crippen molar-refractivity contribution >= 4 is 5.52 Å². The summed E-state index contributed by atoms with van der Waals surface area (Å²) in [5.74, 6) is 2.19. The summed E-state index contributed by atoms with van der Waals surface area (Å²) in [4.78, 5) is 8.68. The third-order valence-corrected chi connectivity index (χ3v) is 3.03. The summed E-state index contributed by atoms with van der Waals surface area (Å²) in [6.07, 6.45) is 7.33. The summed E-state index contributed by atoms with van der Waals surface area (Å²) < 4.78 is 3.85. The fraction of sp³-hybridized carbons (Fsp3) is 0.308. The molecule has 3 rings (SSSR count). The minimum atomic E-state index is 0.404. The van der Waals surface area contributed by atoms with Crippen molar-refractivity contribution in [2.45, 2.75) is 26.7 Å². The van der Waals surface area contributed by atoms with E-state index in [1.165, 1.54) is 0 Å². The third kappa shape index (κ3) is 1.59. The minimum absolute atomic E-state index is 0.404. The van der Waals surface area contributed by atoms with Gasteiger partial charge in [0.1, 0.15) is 11.3 Å². The van der Waals surface area contributed by atoms with E-state index in [2.05, 4.69) is 35.0 Å². The largest absolute Gasteiger partial charge is 0.286 e. The molecule has 0 amide bonds. The molecule has 0 aliphatic carbocycles. The quantitative estimate of drug-likeness (QED) is 0.692. The fourth-order valence-electron chi connectivity index (χ4n) is 2.00. The summed E-state index contributed by atoms with van der Waals surface area (Å²) >= 11 is 0. The molecule has 0 N–H and O–H groups in total. The first-order valence-electron chi connectivity index (χ1n) is 6.01. The van der Waals surface area contributed by atoms with Gasteiger partial charge in [0.15, 0.2) is 5.82 Å². The molecule has 0 saturated heterocycles. The lowest BCUT2D eigenvalue weighted by Crippen LogP contribution is -2.01. The molecule has 0 aromatic carbocycles. The molecule has 0 saturated carbocycles. The third-order valence-electron chi connectivity index (χ3n) is 3.03. The van der Waals surface area contributed by atoms with Crippen molar-refractivity contribution in [2.24, 2.45) is 0 Å². The second kappa shape index (κ2) is 3.94. The monoisotopic (exact) mass is 241 g/mol. The van der Waals surface area contributed by atoms with Crippen LogP contribution in [-0.2, 0) is 0 Å². The van der Waals surface area contributed by atoms with Gasteiger partial charge >= 0.3 is 0 Å². The first kappa shape index (κ1) is 11.0. The molecular formula is C13H15N5. The lowest BCUT2D eigenvalue weighted by molar-refractivity contribution is 0.784. The van der Waals surface area contributed by atoms with Gasteiger partial charge in [-0.2, -0.15) is 5.10 Å². The summed E-state index contributed by atoms with van der Waals surface area (Å²) in [5.41, 5.74) is 2.07. The highest BCUT2D eigenvalue weighted by atomic mass is 15.3. The van der Waals surface area contributed by atoms with Gasteiger partial charge in [0.2, 0.25) is 0 Å². The summed E-state index contributed by atoms with van der Waals surface area (Å²) in [6, 6.07) is 2.09. The molecule has 18 heavy (non-hydrogen) atoms. The van der Waals surface area contributed by atoms with Crippen molar-refractivity contribution in [3.05, 3.63) is 42.4 Å². The first-order valence-corrected chi connectivity index (χ1v) is 6.01. The summed E-state index contributed by atoms with van der Waals surface area (Å²) in [6.45, 7) is 6.24. The maximum atomic E-state index is 4.56. The van der Waals surface area contributed by atoms with Crippen LogP contribution in [0.4, 0.5) is 0 Å². The van der Waals surface area contributed by atoms with E-state index in [-0.39, 0.29) is 0 Å². The highest BCUT2D eigenvalue weighted by molar-refractivity contribution is 5.61. The maximum absolute atomic E-state index is 4.56. The Balaban J connectivity index is 2.27. The number of nitrogens with zero attached hydrogens (tertiary/aromatic N) is 5. The van der Waals surface area contributed by atoms with Gasteiger partial charge in [0.05, 0.1) is 5.69 Å². The highest BCUT2D eigenvalue weighted by Crippen LogP contribution is 2.19. The number of aromatic nitrogens is 5. The zero-order valence-electron chi connectivity index (χ0n) is 10.7. The highest BCUT2D eigenvalue weighted by Gasteiger charge is 2.11. The molecule has 0 unspecified atom stereocenters. The molecular weight excluding hydrogens is 226 g/mol. The predicted octanol–water partition coefficient (Wildman–Crippen LogP) is 2.35. The molecule has 3 heterocycles. The lowest BCUT2D eigenvalue weighted by Gasteiger charge is -2.04. The van der Waals surface area contributed by atoms with Crippen molar-refractivity contribution in [1.29, 1.82) is 0 Å². The Hall–Kier alpha value is -2.17. The molecule has 3 aromatic rings. The molecule has 0 bridgehead atoms. The average Bonchev–Trinajstić information content (AvgIpc) is 2.94. The number of fused-ring (bicyclic) bond motifs is 1. The molecule has 0 aliphatic heterocycles. The molecule has 0 radical (unpaired) electrons. The van der Waals surface area contributed by atoms with Gasteiger partial charge in [-0.15, -0.1) is 0 Å². The molecule has 5 heteroatoms.